The molecule has 37 heavy (non-hydrogen) atoms. The minimum Gasteiger partial charge on any atom is -0.454 e. The molecular formula is C28H25ClN4O4. The maximum atomic E-state index is 12.9. The molecule has 3 heterocycles. The van der Waals surface area contributed by atoms with E-state index in [2.05, 4.69) is 27.2 Å². The molecule has 0 saturated carbocycles. The summed E-state index contributed by atoms with van der Waals surface area (Å²) in [6, 6.07) is 21.2. The van der Waals surface area contributed by atoms with Crippen molar-refractivity contribution in [2.24, 2.45) is 0 Å². The number of aromatic nitrogens is 2. The van der Waals surface area contributed by atoms with Gasteiger partial charge in [0, 0.05) is 48.9 Å². The molecule has 4 aromatic rings. The molecule has 0 spiro atoms. The summed E-state index contributed by atoms with van der Waals surface area (Å²) in [7, 11) is 0. The fourth-order valence-electron chi connectivity index (χ4n) is 4.64. The lowest BCUT2D eigenvalue weighted by Crippen LogP contribution is -2.48. The summed E-state index contributed by atoms with van der Waals surface area (Å²) < 4.78 is 16.2. The van der Waals surface area contributed by atoms with Crippen LogP contribution in [0.1, 0.15) is 11.1 Å². The van der Waals surface area contributed by atoms with Crippen molar-refractivity contribution in [1.29, 1.82) is 0 Å². The van der Waals surface area contributed by atoms with E-state index >= 15 is 0 Å². The van der Waals surface area contributed by atoms with Gasteiger partial charge >= 0.3 is 0 Å². The van der Waals surface area contributed by atoms with Gasteiger partial charge in [-0.25, -0.2) is 0 Å². The Labute approximate surface area is 219 Å². The van der Waals surface area contributed by atoms with Gasteiger partial charge in [-0.05, 0) is 47.5 Å². The molecule has 2 aliphatic rings. The van der Waals surface area contributed by atoms with Crippen molar-refractivity contribution in [2.75, 3.05) is 33.0 Å². The lowest BCUT2D eigenvalue weighted by Gasteiger charge is -2.35. The molecule has 3 aromatic carbocycles. The minimum atomic E-state index is 0.133. The fraction of sp³-hybridized carbons (Fsp3) is 0.250. The SMILES string of the molecule is O=C(Cc1ccc2c(c1)OCO2)N1CCN(Cc2cccc(-c3noc(-c4cccc(Cl)c4)n3)c2)CC1. The Morgan fingerprint density at radius 3 is 2.54 bits per heavy atom. The molecule has 8 nitrogen and oxygen atoms in total. The van der Waals surface area contributed by atoms with Crippen LogP contribution < -0.4 is 9.47 Å². The monoisotopic (exact) mass is 516 g/mol. The smallest absolute Gasteiger partial charge is 0.258 e. The Kier molecular flexibility index (Phi) is 6.51. The van der Waals surface area contributed by atoms with E-state index in [4.69, 9.17) is 25.6 Å². The van der Waals surface area contributed by atoms with Crippen LogP contribution in [0.25, 0.3) is 22.8 Å². The van der Waals surface area contributed by atoms with Gasteiger partial charge in [0.2, 0.25) is 18.5 Å². The van der Waals surface area contributed by atoms with E-state index in [1.807, 2.05) is 47.4 Å². The summed E-state index contributed by atoms with van der Waals surface area (Å²) >= 11 is 6.09. The predicted molar refractivity (Wildman–Crippen MR) is 138 cm³/mol. The molecule has 0 bridgehead atoms. The van der Waals surface area contributed by atoms with Gasteiger partial charge in [-0.1, -0.05) is 47.1 Å². The van der Waals surface area contributed by atoms with E-state index in [1.54, 1.807) is 12.1 Å². The van der Waals surface area contributed by atoms with E-state index in [0.717, 1.165) is 47.6 Å². The number of carbonyl (C=O) groups excluding carboxylic acids is 1. The standard InChI is InChI=1S/C28H25ClN4O4/c29-23-6-2-5-22(16-23)28-30-27(31-37-28)21-4-1-3-20(13-21)17-32-9-11-33(12-10-32)26(34)15-19-7-8-24-25(14-19)36-18-35-24/h1-8,13-14,16H,9-12,15,17-18H2. The highest BCUT2D eigenvalue weighted by molar-refractivity contribution is 6.30. The van der Waals surface area contributed by atoms with Crippen LogP contribution >= 0.6 is 11.6 Å². The maximum absolute atomic E-state index is 12.9. The number of hydrogen-bond donors (Lipinski definition) is 0. The molecule has 188 valence electrons. The minimum absolute atomic E-state index is 0.133. The highest BCUT2D eigenvalue weighted by Crippen LogP contribution is 2.32. The van der Waals surface area contributed by atoms with Gasteiger partial charge < -0.3 is 18.9 Å². The number of fused-ring (bicyclic) bond motifs is 1. The number of hydrogen-bond acceptors (Lipinski definition) is 7. The second kappa shape index (κ2) is 10.2. The first-order chi connectivity index (χ1) is 18.1. The largest absolute Gasteiger partial charge is 0.454 e. The van der Waals surface area contributed by atoms with E-state index in [0.29, 0.717) is 42.0 Å². The molecule has 0 atom stereocenters. The van der Waals surface area contributed by atoms with Crippen molar-refractivity contribution in [3.63, 3.8) is 0 Å². The summed E-state index contributed by atoms with van der Waals surface area (Å²) in [6.07, 6.45) is 0.362. The van der Waals surface area contributed by atoms with Crippen molar-refractivity contribution in [3.05, 3.63) is 82.9 Å². The average Bonchev–Trinajstić information content (AvgIpc) is 3.59. The molecule has 1 aromatic heterocycles. The van der Waals surface area contributed by atoms with Crippen LogP contribution in [0, 0.1) is 0 Å². The number of nitrogens with zero attached hydrogens (tertiary/aromatic N) is 4. The maximum Gasteiger partial charge on any atom is 0.258 e. The lowest BCUT2D eigenvalue weighted by molar-refractivity contribution is -0.132. The molecule has 6 rings (SSSR count). The highest BCUT2D eigenvalue weighted by Gasteiger charge is 2.22. The third-order valence-electron chi connectivity index (χ3n) is 6.61. The molecular weight excluding hydrogens is 492 g/mol. The molecule has 0 radical (unpaired) electrons. The van der Waals surface area contributed by atoms with Crippen LogP contribution in [0.5, 0.6) is 11.5 Å². The van der Waals surface area contributed by atoms with E-state index in [-0.39, 0.29) is 12.7 Å². The van der Waals surface area contributed by atoms with Crippen molar-refractivity contribution < 1.29 is 18.8 Å². The predicted octanol–water partition coefficient (Wildman–Crippen LogP) is 4.67. The van der Waals surface area contributed by atoms with Crippen LogP contribution in [0.2, 0.25) is 5.02 Å². The number of amides is 1. The number of carbonyl (C=O) groups is 1. The number of piperazine rings is 1. The van der Waals surface area contributed by atoms with Gasteiger partial charge in [0.1, 0.15) is 0 Å². The van der Waals surface area contributed by atoms with Crippen LogP contribution in [-0.2, 0) is 17.8 Å². The van der Waals surface area contributed by atoms with Gasteiger partial charge in [0.05, 0.1) is 6.42 Å². The van der Waals surface area contributed by atoms with Crippen LogP contribution in [0.15, 0.2) is 71.3 Å². The first-order valence-corrected chi connectivity index (χ1v) is 12.6. The van der Waals surface area contributed by atoms with Crippen molar-refractivity contribution in [1.82, 2.24) is 19.9 Å². The molecule has 1 fully saturated rings. The van der Waals surface area contributed by atoms with Crippen molar-refractivity contribution in [3.8, 4) is 34.3 Å². The quantitative estimate of drug-likeness (QED) is 0.368. The number of rotatable bonds is 6. The van der Waals surface area contributed by atoms with Crippen LogP contribution in [-0.4, -0.2) is 58.8 Å². The molecule has 0 unspecified atom stereocenters. The molecule has 9 heteroatoms. The van der Waals surface area contributed by atoms with E-state index in [9.17, 15) is 4.79 Å². The highest BCUT2D eigenvalue weighted by atomic mass is 35.5. The molecule has 1 saturated heterocycles. The lowest BCUT2D eigenvalue weighted by atomic mass is 10.1. The van der Waals surface area contributed by atoms with Crippen LogP contribution in [0.3, 0.4) is 0 Å². The Morgan fingerprint density at radius 1 is 0.865 bits per heavy atom. The van der Waals surface area contributed by atoms with E-state index in [1.165, 1.54) is 0 Å². The Morgan fingerprint density at radius 2 is 1.68 bits per heavy atom. The third-order valence-corrected chi connectivity index (χ3v) is 6.84. The molecule has 0 N–H and O–H groups in total. The molecule has 2 aliphatic heterocycles. The number of ether oxygens (including phenoxy) is 2. The van der Waals surface area contributed by atoms with Gasteiger partial charge in [0.25, 0.3) is 5.89 Å². The van der Waals surface area contributed by atoms with Crippen molar-refractivity contribution in [2.45, 2.75) is 13.0 Å². The number of halogens is 1. The zero-order valence-corrected chi connectivity index (χ0v) is 20.9. The summed E-state index contributed by atoms with van der Waals surface area (Å²) in [5.74, 6) is 2.54. The van der Waals surface area contributed by atoms with Gasteiger partial charge in [0.15, 0.2) is 11.5 Å². The van der Waals surface area contributed by atoms with Gasteiger partial charge in [-0.3, -0.25) is 9.69 Å². The van der Waals surface area contributed by atoms with E-state index < -0.39 is 0 Å². The fourth-order valence-corrected chi connectivity index (χ4v) is 4.83. The zero-order chi connectivity index (χ0) is 25.2. The summed E-state index contributed by atoms with van der Waals surface area (Å²) in [5.41, 5.74) is 3.78. The Bertz CT molecular complexity index is 1430. The third kappa shape index (κ3) is 5.30. The Hall–Kier alpha value is -3.88. The van der Waals surface area contributed by atoms with Crippen LogP contribution in [0.4, 0.5) is 0 Å². The van der Waals surface area contributed by atoms with Gasteiger partial charge in [-0.2, -0.15) is 4.98 Å². The number of benzene rings is 3. The first kappa shape index (κ1) is 23.5. The first-order valence-electron chi connectivity index (χ1n) is 12.2. The summed E-state index contributed by atoms with van der Waals surface area (Å²) in [4.78, 5) is 21.7. The molecule has 0 aliphatic carbocycles. The second-order valence-electron chi connectivity index (χ2n) is 9.16. The van der Waals surface area contributed by atoms with Crippen molar-refractivity contribution >= 4 is 17.5 Å². The average molecular weight is 517 g/mol. The van der Waals surface area contributed by atoms with Gasteiger partial charge in [-0.15, -0.1) is 0 Å². The molecule has 1 amide bonds. The summed E-state index contributed by atoms with van der Waals surface area (Å²) in [5, 5.41) is 4.78. The second-order valence-corrected chi connectivity index (χ2v) is 9.59. The Balaban J connectivity index is 1.05. The normalized spacial score (nSPS) is 15.2. The topological polar surface area (TPSA) is 80.9 Å². The summed E-state index contributed by atoms with van der Waals surface area (Å²) in [6.45, 7) is 4.07. The zero-order valence-electron chi connectivity index (χ0n) is 20.1.